The number of piperidine rings is 1. The van der Waals surface area contributed by atoms with Crippen LogP contribution in [0.3, 0.4) is 0 Å². The molecule has 6 nitrogen and oxygen atoms in total. The summed E-state index contributed by atoms with van der Waals surface area (Å²) >= 11 is 0. The lowest BCUT2D eigenvalue weighted by Gasteiger charge is -2.32. The molecular formula is C20H22N4O2. The maximum absolute atomic E-state index is 11.2. The molecule has 3 aromatic rings. The lowest BCUT2D eigenvalue weighted by Crippen LogP contribution is -2.37. The van der Waals surface area contributed by atoms with Crippen LogP contribution in [0.4, 0.5) is 5.82 Å². The highest BCUT2D eigenvalue weighted by Gasteiger charge is 2.27. The van der Waals surface area contributed by atoms with E-state index in [4.69, 9.17) is 10.1 Å². The number of carbonyl (C=O) groups is 1. The van der Waals surface area contributed by atoms with E-state index in [1.807, 2.05) is 42.6 Å². The number of aryl methyl sites for hydroxylation is 2. The van der Waals surface area contributed by atoms with Gasteiger partial charge in [-0.3, -0.25) is 4.79 Å². The largest absolute Gasteiger partial charge is 0.481 e. The van der Waals surface area contributed by atoms with E-state index >= 15 is 0 Å². The van der Waals surface area contributed by atoms with Crippen LogP contribution in [-0.4, -0.2) is 38.8 Å². The van der Waals surface area contributed by atoms with E-state index < -0.39 is 5.97 Å². The molecule has 4 rings (SSSR count). The van der Waals surface area contributed by atoms with Gasteiger partial charge >= 0.3 is 5.97 Å². The third-order valence-electron chi connectivity index (χ3n) is 5.10. The fourth-order valence-corrected chi connectivity index (χ4v) is 3.75. The average molecular weight is 350 g/mol. The van der Waals surface area contributed by atoms with Gasteiger partial charge in [0.25, 0.3) is 0 Å². The normalized spacial score (nSPS) is 15.5. The van der Waals surface area contributed by atoms with E-state index in [-0.39, 0.29) is 5.92 Å². The van der Waals surface area contributed by atoms with Crippen molar-refractivity contribution in [2.45, 2.75) is 26.7 Å². The Morgan fingerprint density at radius 1 is 1.15 bits per heavy atom. The van der Waals surface area contributed by atoms with Crippen molar-refractivity contribution < 1.29 is 9.90 Å². The molecule has 26 heavy (non-hydrogen) atoms. The zero-order valence-corrected chi connectivity index (χ0v) is 15.0. The van der Waals surface area contributed by atoms with E-state index in [0.717, 1.165) is 47.1 Å². The first-order valence-electron chi connectivity index (χ1n) is 8.95. The third-order valence-corrected chi connectivity index (χ3v) is 5.10. The monoisotopic (exact) mass is 350 g/mol. The van der Waals surface area contributed by atoms with Crippen LogP contribution in [0.5, 0.6) is 0 Å². The van der Waals surface area contributed by atoms with Crippen LogP contribution in [0.2, 0.25) is 0 Å². The molecular weight excluding hydrogens is 328 g/mol. The molecule has 0 aliphatic carbocycles. The molecule has 1 aliphatic rings. The van der Waals surface area contributed by atoms with E-state index in [1.165, 1.54) is 0 Å². The summed E-state index contributed by atoms with van der Waals surface area (Å²) in [7, 11) is 0. The number of nitrogens with zero attached hydrogens (tertiary/aromatic N) is 4. The van der Waals surface area contributed by atoms with Crippen molar-refractivity contribution in [2.75, 3.05) is 18.0 Å². The van der Waals surface area contributed by atoms with E-state index in [0.29, 0.717) is 12.8 Å². The Kier molecular flexibility index (Phi) is 4.11. The number of hydrogen-bond donors (Lipinski definition) is 1. The zero-order valence-electron chi connectivity index (χ0n) is 15.0. The van der Waals surface area contributed by atoms with Gasteiger partial charge in [-0.2, -0.15) is 9.61 Å². The van der Waals surface area contributed by atoms with Gasteiger partial charge in [0, 0.05) is 30.4 Å². The van der Waals surface area contributed by atoms with Crippen LogP contribution in [0.15, 0.2) is 36.4 Å². The topological polar surface area (TPSA) is 70.7 Å². The number of carboxylic acids is 1. The van der Waals surface area contributed by atoms with Crippen molar-refractivity contribution in [1.29, 1.82) is 0 Å². The first-order valence-corrected chi connectivity index (χ1v) is 8.95. The summed E-state index contributed by atoms with van der Waals surface area (Å²) in [6.45, 7) is 5.43. The second-order valence-corrected chi connectivity index (χ2v) is 6.92. The lowest BCUT2D eigenvalue weighted by molar-refractivity contribution is -0.142. The van der Waals surface area contributed by atoms with Gasteiger partial charge < -0.3 is 10.0 Å². The molecule has 1 aliphatic heterocycles. The van der Waals surface area contributed by atoms with Crippen LogP contribution < -0.4 is 4.90 Å². The van der Waals surface area contributed by atoms with Crippen molar-refractivity contribution in [3.05, 3.63) is 47.8 Å². The Morgan fingerprint density at radius 2 is 1.85 bits per heavy atom. The number of rotatable bonds is 3. The molecule has 0 saturated carbocycles. The van der Waals surface area contributed by atoms with Crippen LogP contribution in [0.1, 0.15) is 24.2 Å². The standard InChI is InChI=1S/C20H22N4O2/c1-13-12-17(23-10-8-16(9-11-23)20(25)26)24-19(21-13)18(14(2)22-24)15-6-4-3-5-7-15/h3-7,12,16H,8-11H2,1-2H3,(H,25,26). The van der Waals surface area contributed by atoms with Gasteiger partial charge in [0.1, 0.15) is 5.82 Å². The summed E-state index contributed by atoms with van der Waals surface area (Å²) < 4.78 is 1.91. The fraction of sp³-hybridized carbons (Fsp3) is 0.350. The first kappa shape index (κ1) is 16.6. The molecule has 0 radical (unpaired) electrons. The minimum atomic E-state index is -0.693. The molecule has 0 amide bonds. The number of aromatic nitrogens is 3. The summed E-state index contributed by atoms with van der Waals surface area (Å²) in [6, 6.07) is 12.2. The number of carboxylic acid groups (broad SMARTS) is 1. The second kappa shape index (κ2) is 6.44. The van der Waals surface area contributed by atoms with Gasteiger partial charge in [-0.05, 0) is 32.3 Å². The van der Waals surface area contributed by atoms with Crippen molar-refractivity contribution in [1.82, 2.24) is 14.6 Å². The van der Waals surface area contributed by atoms with Crippen molar-refractivity contribution in [3.8, 4) is 11.1 Å². The summed E-state index contributed by atoms with van der Waals surface area (Å²) in [5.41, 5.74) is 4.88. The molecule has 0 spiro atoms. The number of fused-ring (bicyclic) bond motifs is 1. The van der Waals surface area contributed by atoms with Crippen molar-refractivity contribution >= 4 is 17.4 Å². The first-order chi connectivity index (χ1) is 12.5. The van der Waals surface area contributed by atoms with Crippen LogP contribution in [0, 0.1) is 19.8 Å². The van der Waals surface area contributed by atoms with E-state index in [2.05, 4.69) is 17.0 Å². The number of benzene rings is 1. The highest BCUT2D eigenvalue weighted by atomic mass is 16.4. The summed E-state index contributed by atoms with van der Waals surface area (Å²) in [5, 5.41) is 14.0. The zero-order chi connectivity index (χ0) is 18.3. The molecule has 1 aromatic carbocycles. The SMILES string of the molecule is Cc1cc(N2CCC(C(=O)O)CC2)n2nc(C)c(-c3ccccc3)c2n1. The molecule has 3 heterocycles. The molecule has 6 heteroatoms. The Bertz CT molecular complexity index is 957. The van der Waals surface area contributed by atoms with E-state index in [1.54, 1.807) is 0 Å². The second-order valence-electron chi connectivity index (χ2n) is 6.92. The Labute approximate surface area is 152 Å². The highest BCUT2D eigenvalue weighted by molar-refractivity contribution is 5.81. The molecule has 1 N–H and O–H groups in total. The molecule has 0 unspecified atom stereocenters. The third kappa shape index (κ3) is 2.81. The Balaban J connectivity index is 1.79. The fourth-order valence-electron chi connectivity index (χ4n) is 3.75. The van der Waals surface area contributed by atoms with Gasteiger partial charge in [0.2, 0.25) is 0 Å². The minimum absolute atomic E-state index is 0.246. The number of hydrogen-bond acceptors (Lipinski definition) is 4. The molecule has 1 saturated heterocycles. The molecule has 0 atom stereocenters. The number of anilines is 1. The van der Waals surface area contributed by atoms with E-state index in [9.17, 15) is 9.90 Å². The summed E-state index contributed by atoms with van der Waals surface area (Å²) in [5.74, 6) is 0.0486. The summed E-state index contributed by atoms with van der Waals surface area (Å²) in [6.07, 6.45) is 1.31. The predicted molar refractivity (Wildman–Crippen MR) is 100 cm³/mol. The predicted octanol–water partition coefficient (Wildman–Crippen LogP) is 3.31. The maximum Gasteiger partial charge on any atom is 0.306 e. The van der Waals surface area contributed by atoms with Gasteiger partial charge in [-0.15, -0.1) is 0 Å². The highest BCUT2D eigenvalue weighted by Crippen LogP contribution is 2.31. The van der Waals surface area contributed by atoms with Gasteiger partial charge in [0.05, 0.1) is 11.6 Å². The molecule has 1 fully saturated rings. The quantitative estimate of drug-likeness (QED) is 0.785. The van der Waals surface area contributed by atoms with Crippen molar-refractivity contribution in [2.24, 2.45) is 5.92 Å². The van der Waals surface area contributed by atoms with Gasteiger partial charge in [0.15, 0.2) is 5.65 Å². The minimum Gasteiger partial charge on any atom is -0.481 e. The number of aliphatic carboxylic acids is 1. The summed E-state index contributed by atoms with van der Waals surface area (Å²) in [4.78, 5) is 18.2. The van der Waals surface area contributed by atoms with Crippen LogP contribution in [0.25, 0.3) is 16.8 Å². The lowest BCUT2D eigenvalue weighted by atomic mass is 9.97. The Hall–Kier alpha value is -2.89. The smallest absolute Gasteiger partial charge is 0.306 e. The molecule has 2 aromatic heterocycles. The average Bonchev–Trinajstić information content (AvgIpc) is 2.97. The Morgan fingerprint density at radius 3 is 2.50 bits per heavy atom. The van der Waals surface area contributed by atoms with Crippen molar-refractivity contribution in [3.63, 3.8) is 0 Å². The van der Waals surface area contributed by atoms with Crippen LogP contribution >= 0.6 is 0 Å². The molecule has 134 valence electrons. The van der Waals surface area contributed by atoms with Gasteiger partial charge in [-0.1, -0.05) is 30.3 Å². The van der Waals surface area contributed by atoms with Crippen LogP contribution in [-0.2, 0) is 4.79 Å². The van der Waals surface area contributed by atoms with Gasteiger partial charge in [-0.25, -0.2) is 4.98 Å². The maximum atomic E-state index is 11.2. The molecule has 0 bridgehead atoms.